The molecule has 2 N–H and O–H groups in total. The van der Waals surface area contributed by atoms with Gasteiger partial charge in [0, 0.05) is 10.6 Å². The number of hydrogen-bond donors (Lipinski definition) is 1. The van der Waals surface area contributed by atoms with Crippen LogP contribution in [0, 0.1) is 13.8 Å². The predicted octanol–water partition coefficient (Wildman–Crippen LogP) is 4.86. The van der Waals surface area contributed by atoms with E-state index >= 15 is 0 Å². The standard InChI is InChI=1S/C17H15ClN2O/c1-10-3-8-14(11(2)9-10)16-15(17(19)20-21-16)12-4-6-13(18)7-5-12/h3-9H,1-2H3,(H2,19,20). The second-order valence-corrected chi connectivity index (χ2v) is 5.53. The molecule has 3 rings (SSSR count). The minimum Gasteiger partial charge on any atom is -0.380 e. The van der Waals surface area contributed by atoms with Gasteiger partial charge in [-0.1, -0.05) is 52.7 Å². The molecule has 0 aliphatic carbocycles. The maximum absolute atomic E-state index is 5.99. The summed E-state index contributed by atoms with van der Waals surface area (Å²) in [6.07, 6.45) is 0. The molecule has 1 heterocycles. The van der Waals surface area contributed by atoms with E-state index in [1.54, 1.807) is 0 Å². The average molecular weight is 299 g/mol. The lowest BCUT2D eigenvalue weighted by atomic mass is 9.97. The second kappa shape index (κ2) is 5.26. The lowest BCUT2D eigenvalue weighted by Crippen LogP contribution is -1.90. The SMILES string of the molecule is Cc1ccc(-c2onc(N)c2-c2ccc(Cl)cc2)c(C)c1. The third kappa shape index (κ3) is 2.52. The van der Waals surface area contributed by atoms with E-state index in [-0.39, 0.29) is 0 Å². The Morgan fingerprint density at radius 1 is 1.05 bits per heavy atom. The number of anilines is 1. The molecule has 0 aliphatic heterocycles. The third-order valence-electron chi connectivity index (χ3n) is 3.48. The van der Waals surface area contributed by atoms with Crippen LogP contribution in [0.2, 0.25) is 5.02 Å². The van der Waals surface area contributed by atoms with E-state index in [0.717, 1.165) is 22.3 Å². The highest BCUT2D eigenvalue weighted by atomic mass is 35.5. The first-order valence-electron chi connectivity index (χ1n) is 6.65. The van der Waals surface area contributed by atoms with Gasteiger partial charge in [-0.25, -0.2) is 0 Å². The van der Waals surface area contributed by atoms with Crippen LogP contribution in [-0.2, 0) is 0 Å². The molecule has 3 nitrogen and oxygen atoms in total. The van der Waals surface area contributed by atoms with Crippen LogP contribution in [0.15, 0.2) is 47.0 Å². The molecule has 0 atom stereocenters. The van der Waals surface area contributed by atoms with Crippen molar-refractivity contribution in [1.82, 2.24) is 5.16 Å². The van der Waals surface area contributed by atoms with Gasteiger partial charge in [-0.3, -0.25) is 0 Å². The van der Waals surface area contributed by atoms with E-state index in [4.69, 9.17) is 21.9 Å². The second-order valence-electron chi connectivity index (χ2n) is 5.10. The number of benzene rings is 2. The highest BCUT2D eigenvalue weighted by Crippen LogP contribution is 2.38. The molecule has 0 amide bonds. The first kappa shape index (κ1) is 13.7. The van der Waals surface area contributed by atoms with Gasteiger partial charge in [-0.2, -0.15) is 0 Å². The molecule has 21 heavy (non-hydrogen) atoms. The van der Waals surface area contributed by atoms with Gasteiger partial charge in [0.1, 0.15) is 0 Å². The van der Waals surface area contributed by atoms with E-state index in [9.17, 15) is 0 Å². The predicted molar refractivity (Wildman–Crippen MR) is 86.3 cm³/mol. The van der Waals surface area contributed by atoms with Crippen molar-refractivity contribution in [2.75, 3.05) is 5.73 Å². The lowest BCUT2D eigenvalue weighted by Gasteiger charge is -2.07. The van der Waals surface area contributed by atoms with Crippen molar-refractivity contribution in [2.24, 2.45) is 0 Å². The van der Waals surface area contributed by atoms with E-state index in [0.29, 0.717) is 16.6 Å². The summed E-state index contributed by atoms with van der Waals surface area (Å²) in [5, 5.41) is 4.61. The van der Waals surface area contributed by atoms with Crippen molar-refractivity contribution < 1.29 is 4.52 Å². The van der Waals surface area contributed by atoms with Crippen LogP contribution >= 0.6 is 11.6 Å². The zero-order chi connectivity index (χ0) is 15.0. The van der Waals surface area contributed by atoms with Crippen LogP contribution in [0.1, 0.15) is 11.1 Å². The van der Waals surface area contributed by atoms with Gasteiger partial charge in [-0.05, 0) is 37.1 Å². The van der Waals surface area contributed by atoms with Crippen molar-refractivity contribution in [1.29, 1.82) is 0 Å². The largest absolute Gasteiger partial charge is 0.380 e. The molecule has 3 aromatic rings. The van der Waals surface area contributed by atoms with E-state index in [1.165, 1.54) is 5.56 Å². The van der Waals surface area contributed by atoms with Crippen molar-refractivity contribution in [2.45, 2.75) is 13.8 Å². The topological polar surface area (TPSA) is 52.0 Å². The van der Waals surface area contributed by atoms with Crippen LogP contribution in [0.3, 0.4) is 0 Å². The lowest BCUT2D eigenvalue weighted by molar-refractivity contribution is 0.436. The first-order chi connectivity index (χ1) is 10.1. The zero-order valence-corrected chi connectivity index (χ0v) is 12.6. The smallest absolute Gasteiger partial charge is 0.177 e. The molecule has 0 radical (unpaired) electrons. The maximum Gasteiger partial charge on any atom is 0.177 e. The van der Waals surface area contributed by atoms with E-state index in [1.807, 2.05) is 43.3 Å². The number of hydrogen-bond acceptors (Lipinski definition) is 3. The summed E-state index contributed by atoms with van der Waals surface area (Å²) in [4.78, 5) is 0. The Balaban J connectivity index is 2.19. The van der Waals surface area contributed by atoms with Gasteiger partial charge >= 0.3 is 0 Å². The van der Waals surface area contributed by atoms with Gasteiger partial charge in [-0.15, -0.1) is 0 Å². The van der Waals surface area contributed by atoms with Crippen molar-refractivity contribution in [3.8, 4) is 22.5 Å². The van der Waals surface area contributed by atoms with Crippen molar-refractivity contribution in [3.05, 3.63) is 58.6 Å². The molecule has 2 aromatic carbocycles. The van der Waals surface area contributed by atoms with Crippen LogP contribution in [-0.4, -0.2) is 5.16 Å². The number of nitrogens with zero attached hydrogens (tertiary/aromatic N) is 1. The van der Waals surface area contributed by atoms with Gasteiger partial charge in [0.2, 0.25) is 0 Å². The number of rotatable bonds is 2. The Labute approximate surface area is 128 Å². The Kier molecular flexibility index (Phi) is 3.43. The summed E-state index contributed by atoms with van der Waals surface area (Å²) >= 11 is 5.94. The molecule has 0 saturated carbocycles. The summed E-state index contributed by atoms with van der Waals surface area (Å²) in [6.45, 7) is 4.11. The molecule has 0 aliphatic rings. The summed E-state index contributed by atoms with van der Waals surface area (Å²) in [5.74, 6) is 1.07. The third-order valence-corrected chi connectivity index (χ3v) is 3.73. The maximum atomic E-state index is 5.99. The fourth-order valence-corrected chi connectivity index (χ4v) is 2.58. The number of nitrogens with two attached hydrogens (primary N) is 1. The van der Waals surface area contributed by atoms with E-state index in [2.05, 4.69) is 18.1 Å². The van der Waals surface area contributed by atoms with Crippen molar-refractivity contribution >= 4 is 17.4 Å². The Morgan fingerprint density at radius 3 is 2.43 bits per heavy atom. The average Bonchev–Trinajstić information content (AvgIpc) is 2.82. The van der Waals surface area contributed by atoms with Gasteiger partial charge in [0.15, 0.2) is 11.6 Å². The van der Waals surface area contributed by atoms with Crippen LogP contribution in [0.5, 0.6) is 0 Å². The minimum absolute atomic E-state index is 0.382. The number of nitrogen functional groups attached to an aromatic ring is 1. The summed E-state index contributed by atoms with van der Waals surface area (Å²) in [5.41, 5.74) is 11.1. The summed E-state index contributed by atoms with van der Waals surface area (Å²) in [6, 6.07) is 13.7. The highest BCUT2D eigenvalue weighted by Gasteiger charge is 2.18. The fourth-order valence-electron chi connectivity index (χ4n) is 2.45. The molecule has 0 saturated heterocycles. The normalized spacial score (nSPS) is 10.8. The van der Waals surface area contributed by atoms with Crippen LogP contribution < -0.4 is 5.73 Å². The van der Waals surface area contributed by atoms with Gasteiger partial charge in [0.05, 0.1) is 5.56 Å². The highest BCUT2D eigenvalue weighted by molar-refractivity contribution is 6.30. The minimum atomic E-state index is 0.382. The van der Waals surface area contributed by atoms with Gasteiger partial charge in [0.25, 0.3) is 0 Å². The zero-order valence-electron chi connectivity index (χ0n) is 11.9. The molecule has 106 valence electrons. The molecular weight excluding hydrogens is 284 g/mol. The molecule has 1 aromatic heterocycles. The first-order valence-corrected chi connectivity index (χ1v) is 7.03. The molecule has 0 spiro atoms. The van der Waals surface area contributed by atoms with Crippen molar-refractivity contribution in [3.63, 3.8) is 0 Å². The molecule has 4 heteroatoms. The summed E-state index contributed by atoms with van der Waals surface area (Å²) < 4.78 is 5.48. The Hall–Kier alpha value is -2.26. The molecule has 0 bridgehead atoms. The number of aromatic nitrogens is 1. The Morgan fingerprint density at radius 2 is 1.76 bits per heavy atom. The monoisotopic (exact) mass is 298 g/mol. The van der Waals surface area contributed by atoms with Crippen LogP contribution in [0.25, 0.3) is 22.5 Å². The number of halogens is 1. The molecule has 0 unspecified atom stereocenters. The Bertz CT molecular complexity index is 791. The van der Waals surface area contributed by atoms with Gasteiger partial charge < -0.3 is 10.3 Å². The van der Waals surface area contributed by atoms with E-state index < -0.39 is 0 Å². The fraction of sp³-hybridized carbons (Fsp3) is 0.118. The molecule has 0 fully saturated rings. The summed E-state index contributed by atoms with van der Waals surface area (Å²) in [7, 11) is 0. The molecular formula is C17H15ClN2O. The quantitative estimate of drug-likeness (QED) is 0.735. The van der Waals surface area contributed by atoms with Crippen LogP contribution in [0.4, 0.5) is 5.82 Å². The number of aryl methyl sites for hydroxylation is 2.